The highest BCUT2D eigenvalue weighted by Gasteiger charge is 2.40. The van der Waals surface area contributed by atoms with E-state index in [9.17, 15) is 5.11 Å². The lowest BCUT2D eigenvalue weighted by molar-refractivity contribution is 0.0775. The molecule has 0 saturated carbocycles. The fraction of sp³-hybridized carbons (Fsp3) is 0.391. The van der Waals surface area contributed by atoms with Crippen molar-refractivity contribution in [2.45, 2.75) is 37.7 Å². The van der Waals surface area contributed by atoms with Crippen molar-refractivity contribution in [1.29, 1.82) is 0 Å². The molecule has 2 heteroatoms. The minimum atomic E-state index is -0.910. The van der Waals surface area contributed by atoms with Gasteiger partial charge in [0.2, 0.25) is 0 Å². The van der Waals surface area contributed by atoms with Crippen LogP contribution >= 0.6 is 0 Å². The van der Waals surface area contributed by atoms with Crippen LogP contribution in [0.25, 0.3) is 11.1 Å². The molecule has 1 aliphatic carbocycles. The molecular formula is C23H25NO. The first-order chi connectivity index (χ1) is 12.3. The van der Waals surface area contributed by atoms with E-state index in [1.165, 1.54) is 32.4 Å². The average molecular weight is 331 g/mol. The Hall–Kier alpha value is -2.08. The Balaban J connectivity index is 1.48. The van der Waals surface area contributed by atoms with Crippen molar-refractivity contribution in [3.8, 4) is 23.0 Å². The number of rotatable bonds is 3. The molecule has 2 aliphatic rings. The van der Waals surface area contributed by atoms with Crippen molar-refractivity contribution in [2.24, 2.45) is 0 Å². The van der Waals surface area contributed by atoms with Gasteiger partial charge in [-0.3, -0.25) is 4.90 Å². The van der Waals surface area contributed by atoms with Crippen molar-refractivity contribution < 1.29 is 5.11 Å². The van der Waals surface area contributed by atoms with Crippen molar-refractivity contribution in [2.75, 3.05) is 19.6 Å². The first-order valence-electron chi connectivity index (χ1n) is 9.39. The number of benzene rings is 2. The van der Waals surface area contributed by atoms with Crippen molar-refractivity contribution in [3.05, 3.63) is 59.7 Å². The van der Waals surface area contributed by atoms with Crippen molar-refractivity contribution in [1.82, 2.24) is 4.90 Å². The largest absolute Gasteiger partial charge is 0.380 e. The summed E-state index contributed by atoms with van der Waals surface area (Å²) in [6.07, 6.45) is 5.32. The number of piperidine rings is 1. The molecule has 0 unspecified atom stereocenters. The summed E-state index contributed by atoms with van der Waals surface area (Å²) in [6.45, 7) is 3.23. The molecule has 25 heavy (non-hydrogen) atoms. The summed E-state index contributed by atoms with van der Waals surface area (Å²) >= 11 is 0. The van der Waals surface area contributed by atoms with Gasteiger partial charge in [-0.15, -0.1) is 5.92 Å². The summed E-state index contributed by atoms with van der Waals surface area (Å²) in [7, 11) is 0. The number of hydrogen-bond donors (Lipinski definition) is 1. The number of fused-ring (bicyclic) bond motifs is 3. The van der Waals surface area contributed by atoms with Gasteiger partial charge in [0.1, 0.15) is 5.60 Å². The van der Waals surface area contributed by atoms with Crippen LogP contribution in [-0.4, -0.2) is 29.6 Å². The number of likely N-dealkylation sites (tertiary alicyclic amines) is 1. The van der Waals surface area contributed by atoms with Crippen LogP contribution in [-0.2, 0) is 5.60 Å². The van der Waals surface area contributed by atoms with Crippen LogP contribution < -0.4 is 0 Å². The van der Waals surface area contributed by atoms with Crippen LogP contribution in [0.15, 0.2) is 48.5 Å². The smallest absolute Gasteiger partial charge is 0.117 e. The van der Waals surface area contributed by atoms with Gasteiger partial charge >= 0.3 is 0 Å². The molecule has 0 spiro atoms. The van der Waals surface area contributed by atoms with E-state index in [1.54, 1.807) is 0 Å². The third-order valence-electron chi connectivity index (χ3n) is 5.52. The molecule has 1 fully saturated rings. The highest BCUT2D eigenvalue weighted by molar-refractivity contribution is 5.79. The normalized spacial score (nSPS) is 18.1. The molecule has 1 aliphatic heterocycles. The second kappa shape index (κ2) is 7.04. The maximum absolute atomic E-state index is 11.5. The van der Waals surface area contributed by atoms with E-state index in [1.807, 2.05) is 24.3 Å². The second-order valence-corrected chi connectivity index (χ2v) is 7.14. The molecule has 0 bridgehead atoms. The Kier molecular flexibility index (Phi) is 4.61. The molecular weight excluding hydrogens is 306 g/mol. The van der Waals surface area contributed by atoms with E-state index in [2.05, 4.69) is 41.0 Å². The number of hydrogen-bond acceptors (Lipinski definition) is 2. The quantitative estimate of drug-likeness (QED) is 0.853. The van der Waals surface area contributed by atoms with Gasteiger partial charge in [-0.2, -0.15) is 0 Å². The van der Waals surface area contributed by atoms with Crippen LogP contribution in [0.3, 0.4) is 0 Å². The van der Waals surface area contributed by atoms with E-state index in [4.69, 9.17) is 0 Å². The van der Waals surface area contributed by atoms with E-state index in [0.717, 1.165) is 28.8 Å². The molecule has 2 aromatic rings. The van der Waals surface area contributed by atoms with Gasteiger partial charge < -0.3 is 5.11 Å². The van der Waals surface area contributed by atoms with Crippen LogP contribution in [0, 0.1) is 11.8 Å². The maximum atomic E-state index is 11.5. The molecule has 2 aromatic carbocycles. The first kappa shape index (κ1) is 16.4. The van der Waals surface area contributed by atoms with Crippen molar-refractivity contribution >= 4 is 0 Å². The monoisotopic (exact) mass is 331 g/mol. The molecule has 2 nitrogen and oxygen atoms in total. The maximum Gasteiger partial charge on any atom is 0.117 e. The van der Waals surface area contributed by atoms with Crippen molar-refractivity contribution in [3.63, 3.8) is 0 Å². The minimum absolute atomic E-state index is 0.647. The van der Waals surface area contributed by atoms with Crippen LogP contribution in [0.1, 0.15) is 43.2 Å². The fourth-order valence-corrected chi connectivity index (χ4v) is 4.19. The van der Waals surface area contributed by atoms with Gasteiger partial charge in [0.25, 0.3) is 0 Å². The molecule has 0 amide bonds. The molecule has 0 radical (unpaired) electrons. The minimum Gasteiger partial charge on any atom is -0.380 e. The lowest BCUT2D eigenvalue weighted by Crippen LogP contribution is -2.29. The summed E-state index contributed by atoms with van der Waals surface area (Å²) in [5.41, 5.74) is 3.44. The van der Waals surface area contributed by atoms with Gasteiger partial charge in [-0.1, -0.05) is 60.9 Å². The van der Waals surface area contributed by atoms with E-state index < -0.39 is 5.60 Å². The topological polar surface area (TPSA) is 23.5 Å². The molecule has 128 valence electrons. The summed E-state index contributed by atoms with van der Waals surface area (Å²) < 4.78 is 0. The van der Waals surface area contributed by atoms with Gasteiger partial charge in [0.15, 0.2) is 0 Å². The Labute approximate surface area is 150 Å². The Morgan fingerprint density at radius 3 is 2.08 bits per heavy atom. The Bertz CT molecular complexity index is 763. The highest BCUT2D eigenvalue weighted by Crippen LogP contribution is 2.49. The summed E-state index contributed by atoms with van der Waals surface area (Å²) in [5, 5.41) is 11.5. The zero-order valence-corrected chi connectivity index (χ0v) is 14.7. The zero-order chi connectivity index (χ0) is 17.1. The summed E-state index contributed by atoms with van der Waals surface area (Å²) in [6, 6.07) is 16.4. The Morgan fingerprint density at radius 2 is 1.44 bits per heavy atom. The zero-order valence-electron chi connectivity index (χ0n) is 14.7. The Morgan fingerprint density at radius 1 is 0.840 bits per heavy atom. The molecule has 1 N–H and O–H groups in total. The van der Waals surface area contributed by atoms with Gasteiger partial charge in [0, 0.05) is 6.42 Å². The lowest BCUT2D eigenvalue weighted by Gasteiger charge is -2.25. The van der Waals surface area contributed by atoms with E-state index in [-0.39, 0.29) is 0 Å². The first-order valence-corrected chi connectivity index (χ1v) is 9.39. The van der Waals surface area contributed by atoms with Gasteiger partial charge in [0.05, 0.1) is 6.54 Å². The lowest BCUT2D eigenvalue weighted by atomic mass is 9.87. The number of nitrogens with zero attached hydrogens (tertiary/aromatic N) is 1. The standard InChI is InChI=1S/C23H25NO/c25-23(15-7-1-8-16-24-17-9-2-10-18-24)21-13-5-3-11-19(21)20-12-4-6-14-22(20)23/h3-6,11-14,25H,2,7,9-10,15-18H2. The second-order valence-electron chi connectivity index (χ2n) is 7.14. The average Bonchev–Trinajstić information content (AvgIpc) is 2.93. The van der Waals surface area contributed by atoms with Gasteiger partial charge in [-0.05, 0) is 54.6 Å². The van der Waals surface area contributed by atoms with Gasteiger partial charge in [-0.25, -0.2) is 0 Å². The van der Waals surface area contributed by atoms with E-state index >= 15 is 0 Å². The molecule has 0 atom stereocenters. The van der Waals surface area contributed by atoms with Crippen LogP contribution in [0.4, 0.5) is 0 Å². The third-order valence-corrected chi connectivity index (χ3v) is 5.52. The predicted octanol–water partition coefficient (Wildman–Crippen LogP) is 4.17. The molecule has 0 aromatic heterocycles. The van der Waals surface area contributed by atoms with E-state index in [0.29, 0.717) is 12.8 Å². The SMILES string of the molecule is OC1(CCC#CCN2CCCCC2)c2ccccc2-c2ccccc21. The molecule has 1 heterocycles. The van der Waals surface area contributed by atoms with Crippen LogP contribution in [0.2, 0.25) is 0 Å². The summed E-state index contributed by atoms with van der Waals surface area (Å²) in [5.74, 6) is 6.60. The third kappa shape index (κ3) is 3.11. The molecule has 1 saturated heterocycles. The van der Waals surface area contributed by atoms with Crippen LogP contribution in [0.5, 0.6) is 0 Å². The molecule has 4 rings (SSSR count). The summed E-state index contributed by atoms with van der Waals surface area (Å²) in [4.78, 5) is 2.44. The highest BCUT2D eigenvalue weighted by atomic mass is 16.3. The fourth-order valence-electron chi connectivity index (χ4n) is 4.19. The number of aliphatic hydroxyl groups is 1. The predicted molar refractivity (Wildman–Crippen MR) is 102 cm³/mol.